The molecule has 4 nitrogen and oxygen atoms in total. The van der Waals surface area contributed by atoms with Crippen LogP contribution >= 0.6 is 11.3 Å². The molecule has 0 radical (unpaired) electrons. The van der Waals surface area contributed by atoms with Crippen molar-refractivity contribution < 1.29 is 14.3 Å². The molecule has 19 heavy (non-hydrogen) atoms. The van der Waals surface area contributed by atoms with Gasteiger partial charge in [-0.15, -0.1) is 11.3 Å². The largest absolute Gasteiger partial charge is 0.467 e. The predicted octanol–water partition coefficient (Wildman–Crippen LogP) is 2.53. The van der Waals surface area contributed by atoms with Gasteiger partial charge in [0.15, 0.2) is 0 Å². The number of thiophene rings is 1. The zero-order chi connectivity index (χ0) is 14.3. The Labute approximate surface area is 118 Å². The summed E-state index contributed by atoms with van der Waals surface area (Å²) in [6.07, 6.45) is 2.46. The highest BCUT2D eigenvalue weighted by Gasteiger charge is 2.34. The summed E-state index contributed by atoms with van der Waals surface area (Å²) in [5.41, 5.74) is -0.921. The van der Waals surface area contributed by atoms with Crippen molar-refractivity contribution in [1.82, 2.24) is 5.32 Å². The summed E-state index contributed by atoms with van der Waals surface area (Å²) < 4.78 is 4.77. The molecular weight excluding hydrogens is 262 g/mol. The van der Waals surface area contributed by atoms with Gasteiger partial charge in [0.2, 0.25) is 5.91 Å². The van der Waals surface area contributed by atoms with E-state index >= 15 is 0 Å². The van der Waals surface area contributed by atoms with Crippen LogP contribution in [0.4, 0.5) is 0 Å². The lowest BCUT2D eigenvalue weighted by Crippen LogP contribution is -2.52. The number of carbonyl (C=O) groups is 2. The summed E-state index contributed by atoms with van der Waals surface area (Å²) in [6.45, 7) is 3.68. The van der Waals surface area contributed by atoms with Crippen LogP contribution in [0.15, 0.2) is 17.5 Å². The van der Waals surface area contributed by atoms with Gasteiger partial charge in [-0.25, -0.2) is 4.79 Å². The second-order valence-electron chi connectivity index (χ2n) is 4.70. The summed E-state index contributed by atoms with van der Waals surface area (Å²) in [5, 5.41) is 4.79. The molecule has 1 rings (SSSR count). The fraction of sp³-hybridized carbons (Fsp3) is 0.571. The predicted molar refractivity (Wildman–Crippen MR) is 76.1 cm³/mol. The summed E-state index contributed by atoms with van der Waals surface area (Å²) >= 11 is 1.63. The first kappa shape index (κ1) is 15.7. The SMILES string of the molecule is CCCC(C)(NC(=O)CCc1cccs1)C(=O)OC. The molecule has 106 valence electrons. The second kappa shape index (κ2) is 7.28. The summed E-state index contributed by atoms with van der Waals surface area (Å²) in [7, 11) is 1.34. The van der Waals surface area contributed by atoms with Gasteiger partial charge in [0.05, 0.1) is 7.11 Å². The molecule has 0 fully saturated rings. The average molecular weight is 283 g/mol. The van der Waals surface area contributed by atoms with Crippen molar-refractivity contribution in [3.8, 4) is 0 Å². The standard InChI is InChI=1S/C14H21NO3S/c1-4-9-14(2,13(17)18-3)15-12(16)8-7-11-6-5-10-19-11/h5-6,10H,4,7-9H2,1-3H3,(H,15,16). The van der Waals surface area contributed by atoms with E-state index in [1.54, 1.807) is 18.3 Å². The fourth-order valence-electron chi connectivity index (χ4n) is 2.00. The van der Waals surface area contributed by atoms with Crippen molar-refractivity contribution >= 4 is 23.2 Å². The molecule has 0 aliphatic carbocycles. The van der Waals surface area contributed by atoms with Gasteiger partial charge in [-0.3, -0.25) is 4.79 Å². The number of hydrogen-bond acceptors (Lipinski definition) is 4. The van der Waals surface area contributed by atoms with Gasteiger partial charge >= 0.3 is 5.97 Å². The van der Waals surface area contributed by atoms with E-state index in [1.165, 1.54) is 12.0 Å². The van der Waals surface area contributed by atoms with Gasteiger partial charge < -0.3 is 10.1 Å². The first-order valence-corrected chi connectivity index (χ1v) is 7.31. The Bertz CT molecular complexity index is 416. The van der Waals surface area contributed by atoms with Crippen LogP contribution in [-0.2, 0) is 20.7 Å². The highest BCUT2D eigenvalue weighted by molar-refractivity contribution is 7.09. The van der Waals surface area contributed by atoms with E-state index in [9.17, 15) is 9.59 Å². The van der Waals surface area contributed by atoms with E-state index in [0.29, 0.717) is 19.3 Å². The summed E-state index contributed by atoms with van der Waals surface area (Å²) in [5.74, 6) is -0.506. The van der Waals surface area contributed by atoms with Crippen molar-refractivity contribution in [2.24, 2.45) is 0 Å². The Kier molecular flexibility index (Phi) is 6.02. The lowest BCUT2D eigenvalue weighted by Gasteiger charge is -2.27. The number of aryl methyl sites for hydroxylation is 1. The smallest absolute Gasteiger partial charge is 0.331 e. The number of hydrogen-bond donors (Lipinski definition) is 1. The number of rotatable bonds is 7. The van der Waals surface area contributed by atoms with Crippen LogP contribution in [0.3, 0.4) is 0 Å². The third-order valence-electron chi connectivity index (χ3n) is 2.98. The van der Waals surface area contributed by atoms with Crippen LogP contribution in [0.5, 0.6) is 0 Å². The highest BCUT2D eigenvalue weighted by atomic mass is 32.1. The number of carbonyl (C=O) groups excluding carboxylic acids is 2. The van der Waals surface area contributed by atoms with Crippen molar-refractivity contribution in [1.29, 1.82) is 0 Å². The Hall–Kier alpha value is -1.36. The van der Waals surface area contributed by atoms with Crippen molar-refractivity contribution in [2.75, 3.05) is 7.11 Å². The Balaban J connectivity index is 2.53. The third kappa shape index (κ3) is 4.67. The number of nitrogens with one attached hydrogen (secondary N) is 1. The molecule has 0 aliphatic heterocycles. The molecule has 0 aromatic carbocycles. The highest BCUT2D eigenvalue weighted by Crippen LogP contribution is 2.16. The van der Waals surface area contributed by atoms with Gasteiger partial charge in [-0.05, 0) is 31.2 Å². The molecule has 1 aromatic heterocycles. The average Bonchev–Trinajstić information content (AvgIpc) is 2.88. The van der Waals surface area contributed by atoms with Gasteiger partial charge in [0, 0.05) is 11.3 Å². The van der Waals surface area contributed by atoms with E-state index in [-0.39, 0.29) is 11.9 Å². The first-order chi connectivity index (χ1) is 9.01. The van der Waals surface area contributed by atoms with Crippen LogP contribution in [0.1, 0.15) is 38.0 Å². The quantitative estimate of drug-likeness (QED) is 0.782. The molecule has 0 saturated heterocycles. The van der Waals surface area contributed by atoms with E-state index < -0.39 is 5.54 Å². The maximum Gasteiger partial charge on any atom is 0.331 e. The van der Waals surface area contributed by atoms with Crippen LogP contribution in [0.2, 0.25) is 0 Å². The zero-order valence-electron chi connectivity index (χ0n) is 11.7. The molecule has 0 aliphatic rings. The molecule has 1 heterocycles. The van der Waals surface area contributed by atoms with Crippen molar-refractivity contribution in [3.05, 3.63) is 22.4 Å². The van der Waals surface area contributed by atoms with Gasteiger partial charge in [0.25, 0.3) is 0 Å². The molecule has 1 amide bonds. The van der Waals surface area contributed by atoms with Crippen LogP contribution in [0, 0.1) is 0 Å². The van der Waals surface area contributed by atoms with Crippen LogP contribution < -0.4 is 5.32 Å². The summed E-state index contributed by atoms with van der Waals surface area (Å²) in [4.78, 5) is 24.9. The van der Waals surface area contributed by atoms with Crippen molar-refractivity contribution in [3.63, 3.8) is 0 Å². The summed E-state index contributed by atoms with van der Waals surface area (Å²) in [6, 6.07) is 3.97. The van der Waals surface area contributed by atoms with E-state index in [0.717, 1.165) is 6.42 Å². The van der Waals surface area contributed by atoms with E-state index in [2.05, 4.69) is 5.32 Å². The minimum Gasteiger partial charge on any atom is -0.467 e. The molecule has 0 bridgehead atoms. The maximum atomic E-state index is 11.9. The normalized spacial score (nSPS) is 13.6. The Morgan fingerprint density at radius 1 is 1.47 bits per heavy atom. The van der Waals surface area contributed by atoms with Crippen molar-refractivity contribution in [2.45, 2.75) is 45.1 Å². The first-order valence-electron chi connectivity index (χ1n) is 6.43. The molecule has 5 heteroatoms. The minimum absolute atomic E-state index is 0.116. The molecule has 1 atom stereocenters. The molecule has 1 aromatic rings. The molecule has 0 spiro atoms. The number of amides is 1. The van der Waals surface area contributed by atoms with E-state index in [1.807, 2.05) is 24.4 Å². The Morgan fingerprint density at radius 2 is 2.21 bits per heavy atom. The maximum absolute atomic E-state index is 11.9. The number of ether oxygens (including phenoxy) is 1. The molecule has 1 N–H and O–H groups in total. The minimum atomic E-state index is -0.921. The topological polar surface area (TPSA) is 55.4 Å². The van der Waals surface area contributed by atoms with Gasteiger partial charge in [-0.1, -0.05) is 19.4 Å². The number of methoxy groups -OCH3 is 1. The number of esters is 1. The van der Waals surface area contributed by atoms with Gasteiger partial charge in [0.1, 0.15) is 5.54 Å². The molecular formula is C14H21NO3S. The zero-order valence-corrected chi connectivity index (χ0v) is 12.5. The lowest BCUT2D eigenvalue weighted by atomic mass is 9.96. The van der Waals surface area contributed by atoms with Gasteiger partial charge in [-0.2, -0.15) is 0 Å². The van der Waals surface area contributed by atoms with Crippen LogP contribution in [-0.4, -0.2) is 24.5 Å². The second-order valence-corrected chi connectivity index (χ2v) is 5.73. The van der Waals surface area contributed by atoms with E-state index in [4.69, 9.17) is 4.74 Å². The monoisotopic (exact) mass is 283 g/mol. The lowest BCUT2D eigenvalue weighted by molar-refractivity contribution is -0.150. The third-order valence-corrected chi connectivity index (χ3v) is 3.92. The Morgan fingerprint density at radius 3 is 2.74 bits per heavy atom. The van der Waals surface area contributed by atoms with Crippen LogP contribution in [0.25, 0.3) is 0 Å². The molecule has 1 unspecified atom stereocenters. The molecule has 0 saturated carbocycles. The fourth-order valence-corrected chi connectivity index (χ4v) is 2.71.